The fraction of sp³-hybridized carbons (Fsp3) is 0.562. The van der Waals surface area contributed by atoms with Crippen molar-refractivity contribution in [3.8, 4) is 0 Å². The number of hydrogen-bond donors (Lipinski definition) is 1. The first kappa shape index (κ1) is 19.7. The maximum atomic E-state index is 13.6. The first-order chi connectivity index (χ1) is 11.6. The molecule has 1 aromatic rings. The molecule has 9 heteroatoms. The number of likely N-dealkylation sites (tertiary alicyclic amines) is 1. The average Bonchev–Trinajstić information content (AvgIpc) is 2.48. The Morgan fingerprint density at radius 2 is 2.04 bits per heavy atom. The van der Waals surface area contributed by atoms with E-state index in [4.69, 9.17) is 27.9 Å². The van der Waals surface area contributed by atoms with E-state index < -0.39 is 23.4 Å². The van der Waals surface area contributed by atoms with Crippen LogP contribution in [0.15, 0.2) is 6.07 Å². The summed E-state index contributed by atoms with van der Waals surface area (Å²) in [5.74, 6) is -1.27. The van der Waals surface area contributed by atoms with Crippen molar-refractivity contribution in [2.45, 2.75) is 45.3 Å². The van der Waals surface area contributed by atoms with Gasteiger partial charge >= 0.3 is 6.09 Å². The van der Waals surface area contributed by atoms with Crippen molar-refractivity contribution >= 4 is 35.2 Å². The van der Waals surface area contributed by atoms with E-state index in [0.29, 0.717) is 19.4 Å². The number of piperidine rings is 1. The second-order valence-corrected chi connectivity index (χ2v) is 7.55. The quantitative estimate of drug-likeness (QED) is 0.780. The number of halogens is 3. The summed E-state index contributed by atoms with van der Waals surface area (Å²) in [6.07, 6.45) is 0.862. The summed E-state index contributed by atoms with van der Waals surface area (Å²) in [7, 11) is 0. The second kappa shape index (κ2) is 7.74. The highest BCUT2D eigenvalue weighted by Crippen LogP contribution is 2.23. The highest BCUT2D eigenvalue weighted by molar-refractivity contribution is 6.34. The lowest BCUT2D eigenvalue weighted by Crippen LogP contribution is -2.50. The van der Waals surface area contributed by atoms with Crippen LogP contribution in [0.4, 0.5) is 9.18 Å². The molecule has 1 aliphatic rings. The number of alkyl carbamates (subject to hydrolysis) is 1. The molecule has 1 aromatic heterocycles. The van der Waals surface area contributed by atoms with Gasteiger partial charge in [-0.15, -0.1) is 0 Å². The summed E-state index contributed by atoms with van der Waals surface area (Å²) in [6, 6.07) is 0.724. The molecule has 0 spiro atoms. The molecule has 1 fully saturated rings. The van der Waals surface area contributed by atoms with Crippen LogP contribution < -0.4 is 5.32 Å². The van der Waals surface area contributed by atoms with Gasteiger partial charge in [0, 0.05) is 19.1 Å². The maximum absolute atomic E-state index is 13.6. The topological polar surface area (TPSA) is 71.5 Å². The second-order valence-electron chi connectivity index (χ2n) is 6.84. The molecule has 0 aromatic carbocycles. The van der Waals surface area contributed by atoms with Crippen LogP contribution in [-0.2, 0) is 4.74 Å². The first-order valence-corrected chi connectivity index (χ1v) is 8.63. The maximum Gasteiger partial charge on any atom is 0.407 e. The zero-order valence-corrected chi connectivity index (χ0v) is 15.7. The Kier molecular flexibility index (Phi) is 6.11. The number of rotatable bonds is 2. The summed E-state index contributed by atoms with van der Waals surface area (Å²) in [5, 5.41) is 2.21. The summed E-state index contributed by atoms with van der Waals surface area (Å²) < 4.78 is 18.8. The molecule has 1 saturated heterocycles. The zero-order valence-electron chi connectivity index (χ0n) is 14.2. The van der Waals surface area contributed by atoms with Gasteiger partial charge in [0.1, 0.15) is 10.8 Å². The average molecular weight is 392 g/mol. The Balaban J connectivity index is 2.04. The number of nitrogens with one attached hydrogen (secondary N) is 1. The molecule has 2 amide bonds. The molecule has 2 rings (SSSR count). The number of aromatic nitrogens is 1. The van der Waals surface area contributed by atoms with E-state index in [9.17, 15) is 14.0 Å². The molecule has 0 saturated carbocycles. The van der Waals surface area contributed by atoms with Crippen molar-refractivity contribution in [3.63, 3.8) is 0 Å². The van der Waals surface area contributed by atoms with Gasteiger partial charge in [0.25, 0.3) is 5.91 Å². The van der Waals surface area contributed by atoms with Crippen molar-refractivity contribution in [1.29, 1.82) is 0 Å². The van der Waals surface area contributed by atoms with Gasteiger partial charge in [-0.25, -0.2) is 14.2 Å². The largest absolute Gasteiger partial charge is 0.444 e. The van der Waals surface area contributed by atoms with Crippen molar-refractivity contribution < 1.29 is 18.7 Å². The standard InChI is InChI=1S/C16H20Cl2FN3O3/c1-16(2,3)25-15(24)20-9-5-4-6-22(8-9)14(23)10-7-11(19)13(18)21-12(10)17/h7,9H,4-6,8H2,1-3H3,(H,20,24). The number of carbonyl (C=O) groups is 2. The Bertz CT molecular complexity index is 679. The molecule has 1 unspecified atom stereocenters. The number of amides is 2. The van der Waals surface area contributed by atoms with Gasteiger partial charge in [-0.05, 0) is 39.7 Å². The van der Waals surface area contributed by atoms with Gasteiger partial charge in [0.15, 0.2) is 11.0 Å². The normalized spacial score (nSPS) is 18.0. The molecular formula is C16H20Cl2FN3O3. The molecule has 1 atom stereocenters. The molecule has 1 aliphatic heterocycles. The minimum Gasteiger partial charge on any atom is -0.444 e. The highest BCUT2D eigenvalue weighted by Gasteiger charge is 2.29. The van der Waals surface area contributed by atoms with Crippen LogP contribution >= 0.6 is 23.2 Å². The van der Waals surface area contributed by atoms with Gasteiger partial charge in [-0.3, -0.25) is 4.79 Å². The van der Waals surface area contributed by atoms with Crippen LogP contribution in [0.25, 0.3) is 0 Å². The lowest BCUT2D eigenvalue weighted by atomic mass is 10.0. The SMILES string of the molecule is CC(C)(C)OC(=O)NC1CCCN(C(=O)c2cc(F)c(Cl)nc2Cl)C1. The van der Waals surface area contributed by atoms with Crippen LogP contribution in [0.3, 0.4) is 0 Å². The third kappa shape index (κ3) is 5.44. The van der Waals surface area contributed by atoms with Crippen LogP contribution in [-0.4, -0.2) is 46.6 Å². The lowest BCUT2D eigenvalue weighted by molar-refractivity contribution is 0.0452. The minimum absolute atomic E-state index is 0.0542. The summed E-state index contributed by atoms with van der Waals surface area (Å²) in [6.45, 7) is 6.07. The Labute approximate surface area is 155 Å². The predicted octanol–water partition coefficient (Wildman–Crippen LogP) is 3.66. The van der Waals surface area contributed by atoms with E-state index in [1.54, 1.807) is 20.8 Å². The molecule has 138 valence electrons. The van der Waals surface area contributed by atoms with E-state index in [0.717, 1.165) is 6.07 Å². The number of carbonyl (C=O) groups excluding carboxylic acids is 2. The molecule has 25 heavy (non-hydrogen) atoms. The molecular weight excluding hydrogens is 372 g/mol. The lowest BCUT2D eigenvalue weighted by Gasteiger charge is -2.33. The molecule has 2 heterocycles. The van der Waals surface area contributed by atoms with E-state index in [1.165, 1.54) is 4.90 Å². The van der Waals surface area contributed by atoms with E-state index >= 15 is 0 Å². The monoisotopic (exact) mass is 391 g/mol. The molecule has 0 bridgehead atoms. The van der Waals surface area contributed by atoms with Gasteiger partial charge < -0.3 is 15.0 Å². The van der Waals surface area contributed by atoms with Crippen LogP contribution in [0.5, 0.6) is 0 Å². The predicted molar refractivity (Wildman–Crippen MR) is 92.5 cm³/mol. The van der Waals surface area contributed by atoms with Gasteiger partial charge in [-0.1, -0.05) is 23.2 Å². The van der Waals surface area contributed by atoms with Gasteiger partial charge in [-0.2, -0.15) is 0 Å². The minimum atomic E-state index is -0.810. The van der Waals surface area contributed by atoms with Crippen LogP contribution in [0.1, 0.15) is 44.0 Å². The molecule has 6 nitrogen and oxygen atoms in total. The fourth-order valence-electron chi connectivity index (χ4n) is 2.52. The fourth-order valence-corrected chi connectivity index (χ4v) is 2.92. The van der Waals surface area contributed by atoms with Gasteiger partial charge in [0.05, 0.1) is 5.56 Å². The number of hydrogen-bond acceptors (Lipinski definition) is 4. The summed E-state index contributed by atoms with van der Waals surface area (Å²) in [4.78, 5) is 29.6. The summed E-state index contributed by atoms with van der Waals surface area (Å²) >= 11 is 11.5. The smallest absolute Gasteiger partial charge is 0.407 e. The Morgan fingerprint density at radius 3 is 2.68 bits per heavy atom. The van der Waals surface area contributed by atoms with Crippen molar-refractivity contribution in [2.24, 2.45) is 0 Å². The number of ether oxygens (including phenoxy) is 1. The highest BCUT2D eigenvalue weighted by atomic mass is 35.5. The van der Waals surface area contributed by atoms with Crippen molar-refractivity contribution in [1.82, 2.24) is 15.2 Å². The number of pyridine rings is 1. The van der Waals surface area contributed by atoms with E-state index in [1.807, 2.05) is 0 Å². The van der Waals surface area contributed by atoms with Gasteiger partial charge in [0.2, 0.25) is 0 Å². The van der Waals surface area contributed by atoms with Crippen LogP contribution in [0.2, 0.25) is 10.3 Å². The third-order valence-electron chi connectivity index (χ3n) is 3.55. The summed E-state index contributed by atoms with van der Waals surface area (Å²) in [5.41, 5.74) is -0.657. The third-order valence-corrected chi connectivity index (χ3v) is 4.10. The first-order valence-electron chi connectivity index (χ1n) is 7.87. The van der Waals surface area contributed by atoms with E-state index in [-0.39, 0.29) is 28.5 Å². The van der Waals surface area contributed by atoms with Crippen LogP contribution in [0, 0.1) is 5.82 Å². The van der Waals surface area contributed by atoms with E-state index in [2.05, 4.69) is 10.3 Å². The molecule has 0 radical (unpaired) electrons. The molecule has 1 N–H and O–H groups in total. The molecule has 0 aliphatic carbocycles. The van der Waals surface area contributed by atoms with Crippen molar-refractivity contribution in [3.05, 3.63) is 27.8 Å². The Hall–Kier alpha value is -1.60. The zero-order chi connectivity index (χ0) is 18.8. The van der Waals surface area contributed by atoms with Crippen molar-refractivity contribution in [2.75, 3.05) is 13.1 Å². The Morgan fingerprint density at radius 1 is 1.36 bits per heavy atom. The number of nitrogens with zero attached hydrogens (tertiary/aromatic N) is 2.